The molecule has 0 saturated carbocycles. The van der Waals surface area contributed by atoms with Gasteiger partial charge in [-0.3, -0.25) is 14.2 Å². The number of hydrogen-bond donors (Lipinski definition) is 2. The Bertz CT molecular complexity index is 1070. The van der Waals surface area contributed by atoms with Crippen LogP contribution in [-0.4, -0.2) is 33.8 Å². The number of ether oxygens (including phenoxy) is 1. The molecule has 2 N–H and O–H groups in total. The Labute approximate surface area is 170 Å². The number of carbonyl (C=O) groups is 1. The first kappa shape index (κ1) is 20.1. The lowest BCUT2D eigenvalue weighted by atomic mass is 10.2. The number of aryl methyl sites for hydroxylation is 1. The van der Waals surface area contributed by atoms with E-state index in [9.17, 15) is 9.59 Å². The molecule has 0 atom stereocenters. The van der Waals surface area contributed by atoms with Crippen molar-refractivity contribution in [1.29, 1.82) is 0 Å². The summed E-state index contributed by atoms with van der Waals surface area (Å²) in [5, 5.41) is 12.5. The van der Waals surface area contributed by atoms with E-state index in [1.54, 1.807) is 30.3 Å². The quantitative estimate of drug-likeness (QED) is 0.571. The number of halogens is 2. The van der Waals surface area contributed by atoms with E-state index in [1.807, 2.05) is 0 Å². The van der Waals surface area contributed by atoms with E-state index in [0.717, 1.165) is 0 Å². The van der Waals surface area contributed by atoms with Gasteiger partial charge in [0.15, 0.2) is 0 Å². The molecule has 0 aliphatic carbocycles. The normalized spacial score (nSPS) is 10.8. The van der Waals surface area contributed by atoms with E-state index in [0.29, 0.717) is 52.0 Å². The van der Waals surface area contributed by atoms with Crippen molar-refractivity contribution in [2.75, 3.05) is 18.5 Å². The minimum atomic E-state index is -0.633. The molecule has 0 spiro atoms. The van der Waals surface area contributed by atoms with E-state index in [2.05, 4.69) is 10.3 Å². The molecule has 0 radical (unpaired) electrons. The number of anilines is 1. The number of hydrogen-bond acceptors (Lipinski definition) is 5. The summed E-state index contributed by atoms with van der Waals surface area (Å²) in [6.45, 7) is 0.107. The van der Waals surface area contributed by atoms with Crippen molar-refractivity contribution in [3.05, 3.63) is 63.1 Å². The number of nitrogens with zero attached hydrogens (tertiary/aromatic N) is 2. The molecule has 1 heterocycles. The Balaban J connectivity index is 1.69. The van der Waals surface area contributed by atoms with Crippen molar-refractivity contribution in [1.82, 2.24) is 9.55 Å². The average Bonchev–Trinajstić information content (AvgIpc) is 2.70. The lowest BCUT2D eigenvalue weighted by molar-refractivity contribution is -0.118. The van der Waals surface area contributed by atoms with Crippen LogP contribution in [0.25, 0.3) is 10.9 Å². The molecule has 28 heavy (non-hydrogen) atoms. The van der Waals surface area contributed by atoms with Crippen molar-refractivity contribution in [3.63, 3.8) is 0 Å². The minimum Gasteiger partial charge on any atom is -0.492 e. The Kier molecular flexibility index (Phi) is 6.51. The van der Waals surface area contributed by atoms with Crippen LogP contribution in [-0.2, 0) is 11.3 Å². The molecular formula is C19H17Cl2N3O4. The zero-order valence-electron chi connectivity index (χ0n) is 14.7. The van der Waals surface area contributed by atoms with Crippen molar-refractivity contribution < 1.29 is 14.6 Å². The monoisotopic (exact) mass is 421 g/mol. The maximum absolute atomic E-state index is 12.7. The van der Waals surface area contributed by atoms with E-state index >= 15 is 0 Å². The summed E-state index contributed by atoms with van der Waals surface area (Å²) in [5.74, 6) is -0.0668. The summed E-state index contributed by atoms with van der Waals surface area (Å²) in [6.07, 6.45) is 2.03. The number of nitrogens with one attached hydrogen (secondary N) is 1. The van der Waals surface area contributed by atoms with E-state index in [1.165, 1.54) is 17.0 Å². The molecule has 9 heteroatoms. The fourth-order valence-corrected chi connectivity index (χ4v) is 2.96. The van der Waals surface area contributed by atoms with Gasteiger partial charge in [0, 0.05) is 12.2 Å². The Morgan fingerprint density at radius 3 is 2.86 bits per heavy atom. The van der Waals surface area contributed by atoms with Crippen LogP contribution >= 0.6 is 23.2 Å². The molecule has 7 nitrogen and oxygen atoms in total. The zero-order chi connectivity index (χ0) is 20.1. The van der Waals surface area contributed by atoms with Gasteiger partial charge in [0.1, 0.15) is 17.4 Å². The van der Waals surface area contributed by atoms with Gasteiger partial charge in [-0.05, 0) is 36.8 Å². The number of rotatable bonds is 7. The molecule has 0 fully saturated rings. The summed E-state index contributed by atoms with van der Waals surface area (Å²) in [7, 11) is 0. The van der Waals surface area contributed by atoms with Gasteiger partial charge in [-0.25, -0.2) is 4.98 Å². The zero-order valence-corrected chi connectivity index (χ0v) is 16.2. The molecule has 0 unspecified atom stereocenters. The summed E-state index contributed by atoms with van der Waals surface area (Å²) >= 11 is 12.0. The topological polar surface area (TPSA) is 93.5 Å². The van der Waals surface area contributed by atoms with Crippen LogP contribution < -0.4 is 15.6 Å². The minimum absolute atomic E-state index is 0.231. The lowest BCUT2D eigenvalue weighted by Gasteiger charge is -2.10. The van der Waals surface area contributed by atoms with E-state index < -0.39 is 12.5 Å². The fraction of sp³-hybridized carbons (Fsp3) is 0.211. The van der Waals surface area contributed by atoms with Crippen LogP contribution in [0, 0.1) is 0 Å². The van der Waals surface area contributed by atoms with Crippen LogP contribution in [0.5, 0.6) is 5.75 Å². The largest absolute Gasteiger partial charge is 0.492 e. The fourth-order valence-electron chi connectivity index (χ4n) is 2.61. The molecule has 1 amide bonds. The molecule has 0 bridgehead atoms. The number of aliphatic hydroxyl groups is 1. The van der Waals surface area contributed by atoms with Gasteiger partial charge < -0.3 is 15.2 Å². The Hall–Kier alpha value is -2.61. The van der Waals surface area contributed by atoms with Crippen molar-refractivity contribution >= 4 is 45.7 Å². The van der Waals surface area contributed by atoms with Crippen molar-refractivity contribution in [3.8, 4) is 5.75 Å². The molecule has 0 aliphatic heterocycles. The van der Waals surface area contributed by atoms with Gasteiger partial charge in [0.05, 0.1) is 28.9 Å². The SMILES string of the molecule is O=C(CO)Nc1ccc2ncn(CCCOc3cccc(Cl)c3Cl)c(=O)c2c1. The standard InChI is InChI=1S/C19H17Cl2N3O4/c20-14-3-1-4-16(18(14)21)28-8-2-7-24-11-22-15-6-5-12(23-17(26)10-25)9-13(15)19(24)27/h1,3-6,9,11,25H,2,7-8,10H2,(H,23,26). The van der Waals surface area contributed by atoms with Crippen LogP contribution in [0.1, 0.15) is 6.42 Å². The second kappa shape index (κ2) is 9.05. The highest BCUT2D eigenvalue weighted by Crippen LogP contribution is 2.31. The molecule has 0 aliphatic rings. The van der Waals surface area contributed by atoms with E-state index in [-0.39, 0.29) is 5.56 Å². The summed E-state index contributed by atoms with van der Waals surface area (Å²) in [4.78, 5) is 28.3. The first-order valence-corrected chi connectivity index (χ1v) is 9.22. The predicted octanol–water partition coefficient (Wildman–Crippen LogP) is 3.10. The van der Waals surface area contributed by atoms with Crippen LogP contribution in [0.3, 0.4) is 0 Å². The first-order valence-electron chi connectivity index (χ1n) is 8.46. The van der Waals surface area contributed by atoms with Gasteiger partial charge in [-0.15, -0.1) is 0 Å². The predicted molar refractivity (Wildman–Crippen MR) is 108 cm³/mol. The van der Waals surface area contributed by atoms with E-state index in [4.69, 9.17) is 33.0 Å². The molecule has 146 valence electrons. The number of benzene rings is 2. The Morgan fingerprint density at radius 2 is 2.07 bits per heavy atom. The molecule has 2 aromatic carbocycles. The third-order valence-corrected chi connectivity index (χ3v) is 4.77. The van der Waals surface area contributed by atoms with Gasteiger partial charge in [-0.2, -0.15) is 0 Å². The summed E-state index contributed by atoms with van der Waals surface area (Å²) in [6, 6.07) is 9.94. The van der Waals surface area contributed by atoms with Gasteiger partial charge in [0.2, 0.25) is 5.91 Å². The third kappa shape index (κ3) is 4.62. The molecule has 3 rings (SSSR count). The summed E-state index contributed by atoms with van der Waals surface area (Å²) < 4.78 is 7.09. The van der Waals surface area contributed by atoms with Crippen LogP contribution in [0.15, 0.2) is 47.5 Å². The van der Waals surface area contributed by atoms with Crippen molar-refractivity contribution in [2.24, 2.45) is 0 Å². The number of aromatic nitrogens is 2. The number of aliphatic hydroxyl groups excluding tert-OH is 1. The second-order valence-electron chi connectivity index (χ2n) is 5.94. The Morgan fingerprint density at radius 1 is 1.25 bits per heavy atom. The van der Waals surface area contributed by atoms with Gasteiger partial charge in [-0.1, -0.05) is 29.3 Å². The van der Waals surface area contributed by atoms with Crippen molar-refractivity contribution in [2.45, 2.75) is 13.0 Å². The summed E-state index contributed by atoms with van der Waals surface area (Å²) in [5.41, 5.74) is 0.707. The third-order valence-electron chi connectivity index (χ3n) is 3.97. The maximum atomic E-state index is 12.7. The second-order valence-corrected chi connectivity index (χ2v) is 6.72. The molecule has 0 saturated heterocycles. The van der Waals surface area contributed by atoms with Crippen LogP contribution in [0.2, 0.25) is 10.0 Å². The van der Waals surface area contributed by atoms with Crippen LogP contribution in [0.4, 0.5) is 5.69 Å². The molecular weight excluding hydrogens is 405 g/mol. The highest BCUT2D eigenvalue weighted by atomic mass is 35.5. The maximum Gasteiger partial charge on any atom is 0.261 e. The molecule has 3 aromatic rings. The average molecular weight is 422 g/mol. The highest BCUT2D eigenvalue weighted by Gasteiger charge is 2.08. The lowest BCUT2D eigenvalue weighted by Crippen LogP contribution is -2.22. The smallest absolute Gasteiger partial charge is 0.261 e. The molecule has 1 aromatic heterocycles. The number of carbonyl (C=O) groups excluding carboxylic acids is 1. The first-order chi connectivity index (χ1) is 13.5. The van der Waals surface area contributed by atoms with Gasteiger partial charge >= 0.3 is 0 Å². The van der Waals surface area contributed by atoms with Gasteiger partial charge in [0.25, 0.3) is 5.56 Å². The highest BCUT2D eigenvalue weighted by molar-refractivity contribution is 6.42. The number of fused-ring (bicyclic) bond motifs is 1. The number of amides is 1.